The number of hydrogen-bond donors (Lipinski definition) is 0. The molecule has 1 aliphatic carbocycles. The van der Waals surface area contributed by atoms with Gasteiger partial charge in [-0.3, -0.25) is 4.90 Å². The molecule has 5 nitrogen and oxygen atoms in total. The first-order valence-corrected chi connectivity index (χ1v) is 13.0. The summed E-state index contributed by atoms with van der Waals surface area (Å²) in [6.45, 7) is 4.24. The van der Waals surface area contributed by atoms with Crippen LogP contribution in [-0.4, -0.2) is 50.4 Å². The lowest BCUT2D eigenvalue weighted by molar-refractivity contribution is -0.0877. The van der Waals surface area contributed by atoms with Gasteiger partial charge in [-0.05, 0) is 96.5 Å². The Morgan fingerprint density at radius 2 is 1.91 bits per heavy atom. The highest BCUT2D eigenvalue weighted by molar-refractivity contribution is 14.1. The fraction of sp³-hybridized carbons (Fsp3) is 0.500. The van der Waals surface area contributed by atoms with Crippen molar-refractivity contribution in [2.45, 2.75) is 50.2 Å². The molecule has 2 fully saturated rings. The van der Waals surface area contributed by atoms with Crippen LogP contribution in [0, 0.1) is 9.39 Å². The molecule has 0 amide bonds. The summed E-state index contributed by atoms with van der Waals surface area (Å²) in [6, 6.07) is 9.31. The lowest BCUT2D eigenvalue weighted by atomic mass is 9.90. The molecule has 8 heteroatoms. The number of methoxy groups -OCH3 is 2. The van der Waals surface area contributed by atoms with Crippen molar-refractivity contribution < 1.29 is 23.4 Å². The topological polar surface area (TPSA) is 48.0 Å². The third kappa shape index (κ3) is 5.69. The van der Waals surface area contributed by atoms with Gasteiger partial charge in [0.15, 0.2) is 0 Å². The second kappa shape index (κ2) is 10.7. The molecule has 0 bridgehead atoms. The minimum atomic E-state index is -0.671. The van der Waals surface area contributed by atoms with Crippen LogP contribution in [0.4, 0.5) is 4.39 Å². The van der Waals surface area contributed by atoms with E-state index in [0.717, 1.165) is 52.9 Å². The van der Waals surface area contributed by atoms with Gasteiger partial charge in [0.2, 0.25) is 0 Å². The predicted molar refractivity (Wildman–Crippen MR) is 138 cm³/mol. The maximum absolute atomic E-state index is 14.6. The average molecular weight is 602 g/mol. The molecule has 1 aliphatic heterocycles. The number of likely N-dealkylation sites (tertiary alicyclic amines) is 1. The Bertz CT molecular complexity index is 1030. The second-order valence-electron chi connectivity index (χ2n) is 9.23. The van der Waals surface area contributed by atoms with Crippen LogP contribution in [0.5, 0.6) is 5.75 Å². The highest BCUT2D eigenvalue weighted by atomic mass is 127. The average Bonchev–Trinajstić information content (AvgIpc) is 3.67. The number of piperidine rings is 1. The molecule has 1 saturated carbocycles. The minimum Gasteiger partial charge on any atom is -0.490 e. The largest absolute Gasteiger partial charge is 0.490 e. The van der Waals surface area contributed by atoms with Gasteiger partial charge in [0.25, 0.3) is 0 Å². The molecule has 184 valence electrons. The van der Waals surface area contributed by atoms with Gasteiger partial charge >= 0.3 is 5.97 Å². The summed E-state index contributed by atoms with van der Waals surface area (Å²) in [7, 11) is 2.97. The highest BCUT2D eigenvalue weighted by Crippen LogP contribution is 2.45. The summed E-state index contributed by atoms with van der Waals surface area (Å²) >= 11 is 8.57. The molecule has 0 spiro atoms. The molecular weight excluding hydrogens is 572 g/mol. The number of ether oxygens (including phenoxy) is 3. The fourth-order valence-corrected chi connectivity index (χ4v) is 5.76. The third-order valence-electron chi connectivity index (χ3n) is 7.07. The van der Waals surface area contributed by atoms with Crippen LogP contribution in [0.3, 0.4) is 0 Å². The number of hydrogen-bond acceptors (Lipinski definition) is 5. The molecule has 0 aromatic heterocycles. The smallest absolute Gasteiger partial charge is 0.340 e. The van der Waals surface area contributed by atoms with Gasteiger partial charge in [0.05, 0.1) is 12.7 Å². The fourth-order valence-electron chi connectivity index (χ4n) is 4.64. The number of nitrogens with zero attached hydrogens (tertiary/aromatic N) is 1. The van der Waals surface area contributed by atoms with Crippen molar-refractivity contribution in [1.29, 1.82) is 0 Å². The van der Waals surface area contributed by atoms with Crippen LogP contribution < -0.4 is 4.74 Å². The molecule has 2 aromatic carbocycles. The van der Waals surface area contributed by atoms with Crippen LogP contribution in [0.15, 0.2) is 30.3 Å². The van der Waals surface area contributed by atoms with Crippen molar-refractivity contribution in [3.8, 4) is 5.75 Å². The van der Waals surface area contributed by atoms with Gasteiger partial charge in [-0.25, -0.2) is 9.18 Å². The highest BCUT2D eigenvalue weighted by Gasteiger charge is 2.38. The maximum atomic E-state index is 14.6. The van der Waals surface area contributed by atoms with Gasteiger partial charge in [-0.1, -0.05) is 11.6 Å². The summed E-state index contributed by atoms with van der Waals surface area (Å²) in [5, 5.41) is 0.752. The summed E-state index contributed by atoms with van der Waals surface area (Å²) < 4.78 is 32.6. The molecule has 0 radical (unpaired) electrons. The van der Waals surface area contributed by atoms with Gasteiger partial charge in [-0.15, -0.1) is 0 Å². The number of carbonyl (C=O) groups is 1. The van der Waals surface area contributed by atoms with E-state index in [4.69, 9.17) is 25.8 Å². The molecular formula is C26H30ClFINO4. The third-order valence-corrected chi connectivity index (χ3v) is 7.91. The monoisotopic (exact) mass is 601 g/mol. The van der Waals surface area contributed by atoms with E-state index in [1.807, 2.05) is 12.1 Å². The first kappa shape index (κ1) is 25.7. The Labute approximate surface area is 219 Å². The van der Waals surface area contributed by atoms with E-state index in [1.165, 1.54) is 18.7 Å². The molecule has 0 N–H and O–H groups in total. The van der Waals surface area contributed by atoms with Crippen molar-refractivity contribution in [1.82, 2.24) is 4.90 Å². The van der Waals surface area contributed by atoms with Crippen molar-refractivity contribution in [3.05, 3.63) is 61.4 Å². The molecule has 1 saturated heterocycles. The normalized spacial score (nSPS) is 19.0. The first-order valence-electron chi connectivity index (χ1n) is 11.5. The van der Waals surface area contributed by atoms with E-state index in [0.29, 0.717) is 18.3 Å². The molecule has 4 rings (SSSR count). The summed E-state index contributed by atoms with van der Waals surface area (Å²) in [5.74, 6) is -0.512. The SMILES string of the molecule is COC(=O)c1cc(C2CC2)c(OCC2(OC)CCN(C(C)c3cc(Cl)cc(I)c3)CC2)cc1F. The first-order chi connectivity index (χ1) is 16.2. The van der Waals surface area contributed by atoms with E-state index in [-0.39, 0.29) is 11.6 Å². The molecule has 2 aromatic rings. The number of esters is 1. The summed E-state index contributed by atoms with van der Waals surface area (Å²) in [5.41, 5.74) is 1.58. The lowest BCUT2D eigenvalue weighted by Gasteiger charge is -2.43. The Kier molecular flexibility index (Phi) is 8.06. The van der Waals surface area contributed by atoms with Crippen LogP contribution >= 0.6 is 34.2 Å². The van der Waals surface area contributed by atoms with Crippen LogP contribution in [0.1, 0.15) is 66.1 Å². The standard InChI is InChI=1S/C26H30ClFINO4/c1-16(18-10-19(27)12-20(29)11-18)30-8-6-26(33-3,7-9-30)15-34-24-14-23(28)22(25(31)32-2)13-21(24)17-4-5-17/h10-14,16-17H,4-9,15H2,1-3H3. The number of rotatable bonds is 8. The van der Waals surface area contributed by atoms with Crippen LogP contribution in [0.2, 0.25) is 5.02 Å². The Morgan fingerprint density at radius 3 is 2.50 bits per heavy atom. The number of carbonyl (C=O) groups excluding carboxylic acids is 1. The zero-order valence-electron chi connectivity index (χ0n) is 19.7. The molecule has 1 unspecified atom stereocenters. The van der Waals surface area contributed by atoms with E-state index in [2.05, 4.69) is 40.5 Å². The molecule has 2 aliphatic rings. The second-order valence-corrected chi connectivity index (χ2v) is 10.9. The Balaban J connectivity index is 1.44. The van der Waals surface area contributed by atoms with Crippen molar-refractivity contribution >= 4 is 40.2 Å². The predicted octanol–water partition coefficient (Wildman–Crippen LogP) is 6.37. The number of halogens is 3. The minimum absolute atomic E-state index is 0.0452. The van der Waals surface area contributed by atoms with E-state index >= 15 is 0 Å². The zero-order chi connectivity index (χ0) is 24.5. The lowest BCUT2D eigenvalue weighted by Crippen LogP contribution is -2.49. The molecule has 1 heterocycles. The summed E-state index contributed by atoms with van der Waals surface area (Å²) in [4.78, 5) is 14.4. The summed E-state index contributed by atoms with van der Waals surface area (Å²) in [6.07, 6.45) is 3.61. The van der Waals surface area contributed by atoms with Crippen LogP contribution in [0.25, 0.3) is 0 Å². The Morgan fingerprint density at radius 1 is 1.21 bits per heavy atom. The molecule has 1 atom stereocenters. The van der Waals surface area contributed by atoms with Gasteiger partial charge in [0.1, 0.15) is 23.8 Å². The zero-order valence-corrected chi connectivity index (χ0v) is 22.6. The quantitative estimate of drug-likeness (QED) is 0.260. The van der Waals surface area contributed by atoms with Crippen molar-refractivity contribution in [2.24, 2.45) is 0 Å². The number of benzene rings is 2. The van der Waals surface area contributed by atoms with Gasteiger partial charge in [-0.2, -0.15) is 0 Å². The van der Waals surface area contributed by atoms with Crippen LogP contribution in [-0.2, 0) is 9.47 Å². The van der Waals surface area contributed by atoms with Crippen molar-refractivity contribution in [3.63, 3.8) is 0 Å². The van der Waals surface area contributed by atoms with Gasteiger partial charge in [0, 0.05) is 40.9 Å². The van der Waals surface area contributed by atoms with Gasteiger partial charge < -0.3 is 14.2 Å². The van der Waals surface area contributed by atoms with Crippen molar-refractivity contribution in [2.75, 3.05) is 33.9 Å². The van der Waals surface area contributed by atoms with E-state index in [1.54, 1.807) is 13.2 Å². The van der Waals surface area contributed by atoms with E-state index < -0.39 is 17.4 Å². The maximum Gasteiger partial charge on any atom is 0.340 e. The Hall–Kier alpha value is -1.42. The molecule has 34 heavy (non-hydrogen) atoms. The van der Waals surface area contributed by atoms with E-state index in [9.17, 15) is 9.18 Å².